The molecule has 1 heterocycles. The SMILES string of the molecule is Brc1ccoc1CNc1c(Br)cccc1Br. The van der Waals surface area contributed by atoms with Crippen molar-refractivity contribution in [2.24, 2.45) is 0 Å². The Bertz CT molecular complexity index is 475. The average molecular weight is 410 g/mol. The lowest BCUT2D eigenvalue weighted by molar-refractivity contribution is 0.516. The molecule has 0 unspecified atom stereocenters. The van der Waals surface area contributed by atoms with Crippen LogP contribution in [0.3, 0.4) is 0 Å². The molecule has 0 aliphatic rings. The van der Waals surface area contributed by atoms with Gasteiger partial charge in [-0.25, -0.2) is 0 Å². The van der Waals surface area contributed by atoms with Crippen molar-refractivity contribution in [2.75, 3.05) is 5.32 Å². The Kier molecular flexibility index (Phi) is 4.10. The van der Waals surface area contributed by atoms with Crippen LogP contribution in [0.2, 0.25) is 0 Å². The predicted molar refractivity (Wildman–Crippen MR) is 75.6 cm³/mol. The molecule has 0 saturated carbocycles. The van der Waals surface area contributed by atoms with Crippen molar-refractivity contribution in [3.8, 4) is 0 Å². The molecule has 0 spiro atoms. The van der Waals surface area contributed by atoms with Gasteiger partial charge in [-0.2, -0.15) is 0 Å². The molecule has 2 nitrogen and oxygen atoms in total. The number of nitrogens with one attached hydrogen (secondary N) is 1. The highest BCUT2D eigenvalue weighted by atomic mass is 79.9. The maximum atomic E-state index is 5.33. The highest BCUT2D eigenvalue weighted by molar-refractivity contribution is 9.11. The molecule has 16 heavy (non-hydrogen) atoms. The van der Waals surface area contributed by atoms with Gasteiger partial charge in [-0.1, -0.05) is 6.07 Å². The lowest BCUT2D eigenvalue weighted by Crippen LogP contribution is -2.00. The van der Waals surface area contributed by atoms with E-state index in [2.05, 4.69) is 53.1 Å². The highest BCUT2D eigenvalue weighted by Gasteiger charge is 2.07. The van der Waals surface area contributed by atoms with Gasteiger partial charge in [0, 0.05) is 8.95 Å². The minimum absolute atomic E-state index is 0.634. The van der Waals surface area contributed by atoms with Crippen LogP contribution in [0, 0.1) is 0 Å². The molecule has 84 valence electrons. The molecule has 1 aromatic heterocycles. The van der Waals surface area contributed by atoms with Gasteiger partial charge in [0.15, 0.2) is 0 Å². The van der Waals surface area contributed by atoms with Crippen LogP contribution < -0.4 is 5.32 Å². The van der Waals surface area contributed by atoms with Crippen molar-refractivity contribution >= 4 is 53.5 Å². The van der Waals surface area contributed by atoms with Crippen molar-refractivity contribution in [1.29, 1.82) is 0 Å². The second kappa shape index (κ2) is 5.38. The number of halogens is 3. The zero-order chi connectivity index (χ0) is 11.5. The summed E-state index contributed by atoms with van der Waals surface area (Å²) >= 11 is 10.4. The monoisotopic (exact) mass is 407 g/mol. The van der Waals surface area contributed by atoms with Crippen LogP contribution >= 0.6 is 47.8 Å². The van der Waals surface area contributed by atoms with E-state index >= 15 is 0 Å². The Balaban J connectivity index is 2.14. The summed E-state index contributed by atoms with van der Waals surface area (Å²) in [6.45, 7) is 0.634. The number of hydrogen-bond acceptors (Lipinski definition) is 2. The molecule has 0 atom stereocenters. The van der Waals surface area contributed by atoms with Crippen LogP contribution in [0.5, 0.6) is 0 Å². The maximum absolute atomic E-state index is 5.33. The molecular weight excluding hydrogens is 402 g/mol. The summed E-state index contributed by atoms with van der Waals surface area (Å²) in [6, 6.07) is 7.84. The summed E-state index contributed by atoms with van der Waals surface area (Å²) in [4.78, 5) is 0. The maximum Gasteiger partial charge on any atom is 0.136 e. The molecule has 2 aromatic rings. The van der Waals surface area contributed by atoms with Crippen LogP contribution in [0.4, 0.5) is 5.69 Å². The van der Waals surface area contributed by atoms with E-state index in [1.807, 2.05) is 24.3 Å². The number of rotatable bonds is 3. The van der Waals surface area contributed by atoms with Crippen molar-refractivity contribution in [2.45, 2.75) is 6.54 Å². The minimum atomic E-state index is 0.634. The number of furan rings is 1. The lowest BCUT2D eigenvalue weighted by atomic mass is 10.3. The van der Waals surface area contributed by atoms with Gasteiger partial charge in [0.1, 0.15) is 5.76 Å². The van der Waals surface area contributed by atoms with Gasteiger partial charge in [-0.15, -0.1) is 0 Å². The first-order valence-electron chi connectivity index (χ1n) is 4.58. The number of hydrogen-bond donors (Lipinski definition) is 1. The first-order chi connectivity index (χ1) is 7.68. The predicted octanol–water partition coefficient (Wildman–Crippen LogP) is 5.18. The second-order valence-electron chi connectivity index (χ2n) is 3.14. The van der Waals surface area contributed by atoms with Gasteiger partial charge >= 0.3 is 0 Å². The standard InChI is InChI=1S/C11H8Br3NO/c12-7-4-5-16-10(7)6-15-11-8(13)2-1-3-9(11)14/h1-5,15H,6H2. The van der Waals surface area contributed by atoms with Crippen LogP contribution in [-0.4, -0.2) is 0 Å². The molecule has 1 N–H and O–H groups in total. The minimum Gasteiger partial charge on any atom is -0.466 e. The van der Waals surface area contributed by atoms with Gasteiger partial charge in [-0.3, -0.25) is 0 Å². The molecule has 0 aliphatic heterocycles. The third kappa shape index (κ3) is 2.70. The van der Waals surface area contributed by atoms with Gasteiger partial charge in [0.25, 0.3) is 0 Å². The van der Waals surface area contributed by atoms with E-state index < -0.39 is 0 Å². The van der Waals surface area contributed by atoms with E-state index in [1.165, 1.54) is 0 Å². The van der Waals surface area contributed by atoms with Gasteiger partial charge < -0.3 is 9.73 Å². The van der Waals surface area contributed by atoms with E-state index in [0.29, 0.717) is 6.54 Å². The molecule has 0 bridgehead atoms. The normalized spacial score (nSPS) is 10.4. The summed E-state index contributed by atoms with van der Waals surface area (Å²) < 4.78 is 8.34. The van der Waals surface area contributed by atoms with Crippen molar-refractivity contribution in [1.82, 2.24) is 0 Å². The largest absolute Gasteiger partial charge is 0.466 e. The van der Waals surface area contributed by atoms with Crippen molar-refractivity contribution in [3.63, 3.8) is 0 Å². The van der Waals surface area contributed by atoms with E-state index in [0.717, 1.165) is 24.9 Å². The molecule has 0 fully saturated rings. The Morgan fingerprint density at radius 1 is 1.00 bits per heavy atom. The molecule has 0 aliphatic carbocycles. The summed E-state index contributed by atoms with van der Waals surface area (Å²) in [7, 11) is 0. The third-order valence-electron chi connectivity index (χ3n) is 2.08. The topological polar surface area (TPSA) is 25.2 Å². The second-order valence-corrected chi connectivity index (χ2v) is 5.70. The van der Waals surface area contributed by atoms with Crippen molar-refractivity contribution < 1.29 is 4.42 Å². The Labute approximate surface area is 119 Å². The molecule has 0 saturated heterocycles. The average Bonchev–Trinajstić information content (AvgIpc) is 2.64. The molecule has 2 rings (SSSR count). The number of benzene rings is 1. The Morgan fingerprint density at radius 2 is 1.69 bits per heavy atom. The molecule has 5 heteroatoms. The summed E-state index contributed by atoms with van der Waals surface area (Å²) in [5, 5.41) is 3.31. The van der Waals surface area contributed by atoms with Crippen LogP contribution in [0.1, 0.15) is 5.76 Å². The summed E-state index contributed by atoms with van der Waals surface area (Å²) in [5.74, 6) is 0.877. The van der Waals surface area contributed by atoms with E-state index in [-0.39, 0.29) is 0 Å². The molecule has 1 aromatic carbocycles. The fraction of sp³-hybridized carbons (Fsp3) is 0.0909. The number of anilines is 1. The Morgan fingerprint density at radius 3 is 2.25 bits per heavy atom. The van der Waals surface area contributed by atoms with Gasteiger partial charge in [0.2, 0.25) is 0 Å². The zero-order valence-electron chi connectivity index (χ0n) is 8.14. The van der Waals surface area contributed by atoms with Crippen LogP contribution in [0.25, 0.3) is 0 Å². The molecular formula is C11H8Br3NO. The fourth-order valence-corrected chi connectivity index (χ4v) is 2.91. The lowest BCUT2D eigenvalue weighted by Gasteiger charge is -2.09. The van der Waals surface area contributed by atoms with E-state index in [1.54, 1.807) is 6.26 Å². The van der Waals surface area contributed by atoms with Gasteiger partial charge in [-0.05, 0) is 66.0 Å². The fourth-order valence-electron chi connectivity index (χ4n) is 1.29. The van der Waals surface area contributed by atoms with Gasteiger partial charge in [0.05, 0.1) is 23.0 Å². The smallest absolute Gasteiger partial charge is 0.136 e. The van der Waals surface area contributed by atoms with Crippen molar-refractivity contribution in [3.05, 3.63) is 49.7 Å². The summed E-state index contributed by atoms with van der Waals surface area (Å²) in [6.07, 6.45) is 1.66. The molecule has 0 amide bonds. The third-order valence-corrected chi connectivity index (χ3v) is 4.11. The molecule has 0 radical (unpaired) electrons. The Hall–Kier alpha value is -0.260. The first-order valence-corrected chi connectivity index (χ1v) is 6.96. The summed E-state index contributed by atoms with van der Waals surface area (Å²) in [5.41, 5.74) is 1.02. The quantitative estimate of drug-likeness (QED) is 0.755. The number of para-hydroxylation sites is 1. The van der Waals surface area contributed by atoms with E-state index in [4.69, 9.17) is 4.42 Å². The van der Waals surface area contributed by atoms with Crippen LogP contribution in [-0.2, 0) is 6.54 Å². The van der Waals surface area contributed by atoms with Crippen LogP contribution in [0.15, 0.2) is 48.4 Å². The highest BCUT2D eigenvalue weighted by Crippen LogP contribution is 2.31. The first kappa shape index (κ1) is 12.2. The zero-order valence-corrected chi connectivity index (χ0v) is 12.9. The van der Waals surface area contributed by atoms with E-state index in [9.17, 15) is 0 Å².